The Morgan fingerprint density at radius 1 is 1.40 bits per heavy atom. The van der Waals surface area contributed by atoms with Crippen molar-refractivity contribution in [3.63, 3.8) is 0 Å². The third-order valence-electron chi connectivity index (χ3n) is 4.49. The molecule has 0 aromatic heterocycles. The minimum atomic E-state index is -5.07. The molecule has 3 heterocycles. The minimum Gasteiger partial charge on any atom is -0.370 e. The van der Waals surface area contributed by atoms with Crippen LogP contribution in [-0.4, -0.2) is 95.2 Å². The number of hydrogen-bond donors (Lipinski definition) is 7. The van der Waals surface area contributed by atoms with Gasteiger partial charge in [-0.2, -0.15) is 16.8 Å². The van der Waals surface area contributed by atoms with Gasteiger partial charge in [-0.05, 0) is 4.89 Å². The molecule has 0 amide bonds. The summed E-state index contributed by atoms with van der Waals surface area (Å²) in [7, 11) is -9.96. The number of nitrogens with zero attached hydrogens (tertiary/aromatic N) is 3. The smallest absolute Gasteiger partial charge is 0.370 e. The lowest BCUT2D eigenvalue weighted by Gasteiger charge is -2.49. The molecule has 8 N–H and O–H groups in total. The summed E-state index contributed by atoms with van der Waals surface area (Å²) < 4.78 is 65.0. The molecule has 168 valence electrons. The zero-order valence-electron chi connectivity index (χ0n) is 14.5. The SMILES string of the molecule is N=C1N(O)[C@@H](CC(=O)ONS(=O)(=O)O)[C@@H]2N=C(N)NC23C(=O)[C@@H](OS(=O)(=O)O)CN13. The van der Waals surface area contributed by atoms with Crippen molar-refractivity contribution in [2.24, 2.45) is 10.7 Å². The molecule has 0 aromatic carbocycles. The Balaban J connectivity index is 1.93. The molecular formula is C10H15N7O11S2. The Hall–Kier alpha value is -2.62. The fourth-order valence-corrected chi connectivity index (χ4v) is 4.15. The van der Waals surface area contributed by atoms with E-state index in [4.69, 9.17) is 20.2 Å². The summed E-state index contributed by atoms with van der Waals surface area (Å²) in [5, 5.41) is 21.1. The summed E-state index contributed by atoms with van der Waals surface area (Å²) >= 11 is 0. The number of carbonyl (C=O) groups excluding carboxylic acids is 2. The van der Waals surface area contributed by atoms with E-state index in [-0.39, 0.29) is 11.0 Å². The van der Waals surface area contributed by atoms with Crippen LogP contribution in [0.2, 0.25) is 0 Å². The van der Waals surface area contributed by atoms with Crippen LogP contribution >= 0.6 is 0 Å². The zero-order chi connectivity index (χ0) is 22.6. The fraction of sp³-hybridized carbons (Fsp3) is 0.600. The second-order valence-electron chi connectivity index (χ2n) is 6.31. The molecule has 3 aliphatic rings. The second kappa shape index (κ2) is 6.97. The number of ketones is 1. The number of carbonyl (C=O) groups is 2. The van der Waals surface area contributed by atoms with Crippen molar-refractivity contribution in [1.29, 1.82) is 5.41 Å². The molecule has 18 nitrogen and oxygen atoms in total. The van der Waals surface area contributed by atoms with Crippen LogP contribution in [-0.2, 0) is 39.3 Å². The van der Waals surface area contributed by atoms with E-state index in [9.17, 15) is 31.6 Å². The third-order valence-corrected chi connectivity index (χ3v) is 5.26. The minimum absolute atomic E-state index is 0.213. The van der Waals surface area contributed by atoms with Gasteiger partial charge in [0.25, 0.3) is 0 Å². The number of nitrogens with two attached hydrogens (primary N) is 1. The van der Waals surface area contributed by atoms with Crippen molar-refractivity contribution in [2.45, 2.75) is 30.3 Å². The number of Topliss-reactive ketones (excluding diaryl/α,β-unsaturated/α-hetero) is 1. The lowest BCUT2D eigenvalue weighted by Crippen LogP contribution is -2.75. The molecule has 1 unspecified atom stereocenters. The molecule has 30 heavy (non-hydrogen) atoms. The summed E-state index contributed by atoms with van der Waals surface area (Å²) in [4.78, 5) is 34.8. The third kappa shape index (κ3) is 3.76. The highest BCUT2D eigenvalue weighted by Gasteiger charge is 2.69. The van der Waals surface area contributed by atoms with Crippen molar-refractivity contribution in [3.05, 3.63) is 0 Å². The van der Waals surface area contributed by atoms with Gasteiger partial charge in [-0.15, -0.1) is 0 Å². The number of hydroxylamine groups is 2. The Morgan fingerprint density at radius 3 is 2.60 bits per heavy atom. The van der Waals surface area contributed by atoms with Crippen LogP contribution in [0.15, 0.2) is 4.99 Å². The number of aliphatic imine (C=N–C) groups is 1. The number of guanidine groups is 2. The van der Waals surface area contributed by atoms with Crippen molar-refractivity contribution < 1.29 is 49.8 Å². The monoisotopic (exact) mass is 473 g/mol. The highest BCUT2D eigenvalue weighted by Crippen LogP contribution is 2.41. The maximum atomic E-state index is 12.9. The standard InChI is InChI=1S/C10H15N7O11S2/c11-8-13-6-3(1-5(18)27-15-29(21,22)23)17(20)9(12)16-2-4(28-30(24,25)26)7(19)10(6,16)14-8/h3-4,6,12,15,20H,1-2H2,(H3,11,13,14)(H,21,22,23)(H,24,25,26)/t3-,4-,6-,10?/m0/s1. The van der Waals surface area contributed by atoms with E-state index >= 15 is 0 Å². The van der Waals surface area contributed by atoms with Crippen LogP contribution in [0.1, 0.15) is 6.42 Å². The van der Waals surface area contributed by atoms with Crippen molar-refractivity contribution in [3.8, 4) is 0 Å². The van der Waals surface area contributed by atoms with Crippen LogP contribution in [0.4, 0.5) is 0 Å². The van der Waals surface area contributed by atoms with Crippen LogP contribution in [0, 0.1) is 5.41 Å². The molecule has 0 aromatic rings. The van der Waals surface area contributed by atoms with E-state index in [1.54, 1.807) is 0 Å². The fourth-order valence-electron chi connectivity index (χ4n) is 3.51. The average molecular weight is 473 g/mol. The number of nitrogens with one attached hydrogen (secondary N) is 3. The predicted molar refractivity (Wildman–Crippen MR) is 89.9 cm³/mol. The van der Waals surface area contributed by atoms with E-state index in [1.807, 2.05) is 0 Å². The first kappa shape index (κ1) is 22.1. The van der Waals surface area contributed by atoms with Gasteiger partial charge in [-0.1, -0.05) is 0 Å². The molecule has 0 bridgehead atoms. The van der Waals surface area contributed by atoms with Gasteiger partial charge in [0.1, 0.15) is 6.04 Å². The Kier molecular flexibility index (Phi) is 5.13. The molecule has 2 fully saturated rings. The highest BCUT2D eigenvalue weighted by atomic mass is 32.3. The first-order valence-corrected chi connectivity index (χ1v) is 10.6. The van der Waals surface area contributed by atoms with Gasteiger partial charge < -0.3 is 20.8 Å². The summed E-state index contributed by atoms with van der Waals surface area (Å²) in [5.74, 6) is -3.52. The number of hydrogen-bond acceptors (Lipinski definition) is 13. The van der Waals surface area contributed by atoms with Crippen molar-refractivity contribution in [1.82, 2.24) is 20.2 Å². The maximum absolute atomic E-state index is 12.9. The topological polar surface area (TPSA) is 274 Å². The van der Waals surface area contributed by atoms with E-state index in [1.165, 1.54) is 0 Å². The van der Waals surface area contributed by atoms with Gasteiger partial charge in [0.2, 0.25) is 17.4 Å². The molecular weight excluding hydrogens is 458 g/mol. The molecule has 0 radical (unpaired) electrons. The quantitative estimate of drug-likeness (QED) is 0.141. The Bertz CT molecular complexity index is 1040. The normalized spacial score (nSPS) is 31.2. The van der Waals surface area contributed by atoms with Crippen LogP contribution < -0.4 is 15.9 Å². The highest BCUT2D eigenvalue weighted by molar-refractivity contribution is 7.83. The van der Waals surface area contributed by atoms with E-state index in [0.717, 1.165) is 9.79 Å². The lowest BCUT2D eigenvalue weighted by molar-refractivity contribution is -0.160. The van der Waals surface area contributed by atoms with Crippen molar-refractivity contribution in [2.75, 3.05) is 6.54 Å². The first-order valence-electron chi connectivity index (χ1n) is 7.75. The van der Waals surface area contributed by atoms with Crippen molar-refractivity contribution >= 4 is 44.4 Å². The lowest BCUT2D eigenvalue weighted by atomic mass is 9.87. The Morgan fingerprint density at radius 2 is 2.03 bits per heavy atom. The van der Waals surface area contributed by atoms with Gasteiger partial charge in [0, 0.05) is 0 Å². The summed E-state index contributed by atoms with van der Waals surface area (Å²) in [6, 6.07) is -2.95. The molecule has 3 rings (SSSR count). The molecule has 20 heteroatoms. The molecule has 1 spiro atoms. The van der Waals surface area contributed by atoms with Gasteiger partial charge in [0.15, 0.2) is 12.1 Å². The van der Waals surface area contributed by atoms with Gasteiger partial charge in [0.05, 0.1) is 19.0 Å². The van der Waals surface area contributed by atoms with Crippen LogP contribution in [0.3, 0.4) is 0 Å². The second-order valence-corrected chi connectivity index (χ2v) is 8.47. The summed E-state index contributed by atoms with van der Waals surface area (Å²) in [5.41, 5.74) is 3.58. The molecule has 0 saturated carbocycles. The molecule has 0 aliphatic carbocycles. The van der Waals surface area contributed by atoms with E-state index in [0.29, 0.717) is 0 Å². The van der Waals surface area contributed by atoms with Crippen LogP contribution in [0.25, 0.3) is 0 Å². The van der Waals surface area contributed by atoms with E-state index < -0.39 is 75.2 Å². The summed E-state index contributed by atoms with van der Waals surface area (Å²) in [6.45, 7) is -0.609. The molecule has 2 saturated heterocycles. The van der Waals surface area contributed by atoms with E-state index in [2.05, 4.69) is 19.3 Å². The maximum Gasteiger partial charge on any atom is 0.398 e. The molecule has 4 atom stereocenters. The summed E-state index contributed by atoms with van der Waals surface area (Å²) in [6.07, 6.45) is -2.67. The number of rotatable bonds is 6. The Labute approximate surface area is 167 Å². The largest absolute Gasteiger partial charge is 0.398 e. The van der Waals surface area contributed by atoms with Gasteiger partial charge >= 0.3 is 26.7 Å². The first-order chi connectivity index (χ1) is 13.7. The molecule has 3 aliphatic heterocycles. The van der Waals surface area contributed by atoms with Gasteiger partial charge in [-0.3, -0.25) is 29.3 Å². The van der Waals surface area contributed by atoms with Gasteiger partial charge in [-0.25, -0.2) is 14.2 Å². The average Bonchev–Trinajstić information content (AvgIpc) is 3.07. The predicted octanol–water partition coefficient (Wildman–Crippen LogP) is -4.71. The van der Waals surface area contributed by atoms with Crippen LogP contribution in [0.5, 0.6) is 0 Å². The zero-order valence-corrected chi connectivity index (χ0v) is 16.1.